The van der Waals surface area contributed by atoms with Crippen LogP contribution in [0.5, 0.6) is 0 Å². The molecule has 134 valence electrons. The SMILES string of the molecule is Cc1ccc(S(=O)(=O)N(N)[C@@H](CCCNC(=N)N)C(=O)ON)cc1. The molecule has 0 fully saturated rings. The van der Waals surface area contributed by atoms with Crippen molar-refractivity contribution in [3.63, 3.8) is 0 Å². The van der Waals surface area contributed by atoms with Crippen LogP contribution in [0.15, 0.2) is 29.2 Å². The summed E-state index contributed by atoms with van der Waals surface area (Å²) >= 11 is 0. The molecule has 0 saturated heterocycles. The first kappa shape index (κ1) is 19.8. The number of guanidine groups is 1. The van der Waals surface area contributed by atoms with Crippen molar-refractivity contribution in [3.05, 3.63) is 29.8 Å². The molecule has 0 aromatic heterocycles. The Bertz CT molecular complexity index is 676. The monoisotopic (exact) mass is 358 g/mol. The number of carbonyl (C=O) groups is 1. The van der Waals surface area contributed by atoms with Gasteiger partial charge in [-0.05, 0) is 31.9 Å². The van der Waals surface area contributed by atoms with E-state index in [1.807, 2.05) is 6.92 Å². The Morgan fingerprint density at radius 1 is 1.38 bits per heavy atom. The summed E-state index contributed by atoms with van der Waals surface area (Å²) in [6.45, 7) is 2.08. The number of hydrogen-bond donors (Lipinski definition) is 5. The normalized spacial score (nSPS) is 12.7. The molecule has 0 aliphatic carbocycles. The molecule has 0 unspecified atom stereocenters. The van der Waals surface area contributed by atoms with Gasteiger partial charge in [-0.1, -0.05) is 17.7 Å². The van der Waals surface area contributed by atoms with E-state index in [1.54, 1.807) is 12.1 Å². The first-order valence-electron chi connectivity index (χ1n) is 7.04. The molecule has 0 aliphatic rings. The Balaban J connectivity index is 2.93. The summed E-state index contributed by atoms with van der Waals surface area (Å²) in [6.07, 6.45) is 0.356. The van der Waals surface area contributed by atoms with Crippen LogP contribution in [0.2, 0.25) is 0 Å². The minimum Gasteiger partial charge on any atom is -0.372 e. The van der Waals surface area contributed by atoms with Crippen molar-refractivity contribution in [3.8, 4) is 0 Å². The van der Waals surface area contributed by atoms with Gasteiger partial charge >= 0.3 is 5.97 Å². The highest BCUT2D eigenvalue weighted by Gasteiger charge is 2.34. The number of nitrogens with one attached hydrogen (secondary N) is 2. The Labute approximate surface area is 140 Å². The molecule has 0 amide bonds. The number of nitrogens with zero attached hydrogens (tertiary/aromatic N) is 1. The molecule has 0 aliphatic heterocycles. The van der Waals surface area contributed by atoms with Crippen LogP contribution in [0.3, 0.4) is 0 Å². The Hall–Kier alpha value is -2.21. The molecule has 0 spiro atoms. The van der Waals surface area contributed by atoms with E-state index in [4.69, 9.17) is 22.9 Å². The lowest BCUT2D eigenvalue weighted by Crippen LogP contribution is -2.50. The maximum Gasteiger partial charge on any atom is 0.344 e. The standard InChI is InChI=1S/C13H22N6O4S/c1-9-4-6-10(7-5-9)24(21,22)19(16)11(12(20)23-17)3-2-8-18-13(14)15/h4-7,11H,2-3,8,16-17H2,1H3,(H4,14,15,18)/t11-/m0/s1. The summed E-state index contributed by atoms with van der Waals surface area (Å²) < 4.78 is 25.5. The van der Waals surface area contributed by atoms with Gasteiger partial charge in [0.15, 0.2) is 5.96 Å². The third kappa shape index (κ3) is 5.16. The molecular formula is C13H22N6O4S. The molecule has 0 bridgehead atoms. The molecule has 1 rings (SSSR count). The first-order chi connectivity index (χ1) is 11.2. The lowest BCUT2D eigenvalue weighted by molar-refractivity contribution is -0.149. The van der Waals surface area contributed by atoms with Crippen molar-refractivity contribution < 1.29 is 18.0 Å². The van der Waals surface area contributed by atoms with Gasteiger partial charge in [-0.2, -0.15) is 5.90 Å². The van der Waals surface area contributed by atoms with Crippen LogP contribution in [-0.4, -0.2) is 37.3 Å². The summed E-state index contributed by atoms with van der Waals surface area (Å²) in [5.74, 6) is 9.35. The topological polar surface area (TPSA) is 178 Å². The highest BCUT2D eigenvalue weighted by atomic mass is 32.2. The average molecular weight is 358 g/mol. The van der Waals surface area contributed by atoms with Gasteiger partial charge in [0, 0.05) is 6.54 Å². The predicted octanol–water partition coefficient (Wildman–Crippen LogP) is -1.09. The molecule has 0 radical (unpaired) electrons. The fourth-order valence-corrected chi connectivity index (χ4v) is 3.20. The lowest BCUT2D eigenvalue weighted by atomic mass is 10.1. The van der Waals surface area contributed by atoms with Crippen LogP contribution in [0, 0.1) is 12.3 Å². The number of benzene rings is 1. The summed E-state index contributed by atoms with van der Waals surface area (Å²) in [6, 6.07) is 4.73. The van der Waals surface area contributed by atoms with Crippen LogP contribution in [0.4, 0.5) is 0 Å². The molecular weight excluding hydrogens is 336 g/mol. The number of hydrogen-bond acceptors (Lipinski definition) is 7. The Morgan fingerprint density at radius 2 is 1.96 bits per heavy atom. The molecule has 0 saturated carbocycles. The van der Waals surface area contributed by atoms with E-state index >= 15 is 0 Å². The molecule has 10 nitrogen and oxygen atoms in total. The zero-order valence-corrected chi connectivity index (χ0v) is 14.0. The van der Waals surface area contributed by atoms with E-state index in [1.165, 1.54) is 12.1 Å². The fraction of sp³-hybridized carbons (Fsp3) is 0.385. The number of hydrazine groups is 1. The number of carbonyl (C=O) groups excluding carboxylic acids is 1. The number of aryl methyl sites for hydroxylation is 1. The molecule has 1 aromatic rings. The van der Waals surface area contributed by atoms with Crippen molar-refractivity contribution in [2.45, 2.75) is 30.7 Å². The minimum atomic E-state index is -4.10. The van der Waals surface area contributed by atoms with E-state index in [9.17, 15) is 13.2 Å². The van der Waals surface area contributed by atoms with Crippen molar-refractivity contribution in [2.75, 3.05) is 6.54 Å². The highest BCUT2D eigenvalue weighted by molar-refractivity contribution is 7.89. The summed E-state index contributed by atoms with van der Waals surface area (Å²) in [7, 11) is -4.10. The fourth-order valence-electron chi connectivity index (χ4n) is 1.95. The van der Waals surface area contributed by atoms with Gasteiger partial charge in [0.25, 0.3) is 10.0 Å². The van der Waals surface area contributed by atoms with Crippen LogP contribution in [-0.2, 0) is 19.7 Å². The van der Waals surface area contributed by atoms with Crippen LogP contribution >= 0.6 is 0 Å². The Kier molecular flexibility index (Phi) is 7.10. The van der Waals surface area contributed by atoms with Gasteiger partial charge in [0.2, 0.25) is 0 Å². The minimum absolute atomic E-state index is 0.0396. The van der Waals surface area contributed by atoms with Gasteiger partial charge in [0.05, 0.1) is 4.90 Å². The zero-order valence-electron chi connectivity index (χ0n) is 13.2. The zero-order chi connectivity index (χ0) is 18.3. The maximum absolute atomic E-state index is 12.5. The molecule has 0 heterocycles. The van der Waals surface area contributed by atoms with Crippen LogP contribution < -0.4 is 22.8 Å². The number of sulfonamides is 1. The lowest BCUT2D eigenvalue weighted by Gasteiger charge is -2.24. The third-order valence-corrected chi connectivity index (χ3v) is 4.94. The van der Waals surface area contributed by atoms with Crippen molar-refractivity contribution in [1.82, 2.24) is 9.73 Å². The molecule has 24 heavy (non-hydrogen) atoms. The van der Waals surface area contributed by atoms with Crippen molar-refractivity contribution in [1.29, 1.82) is 5.41 Å². The second-order valence-electron chi connectivity index (χ2n) is 5.08. The van der Waals surface area contributed by atoms with Crippen molar-refractivity contribution >= 4 is 22.0 Å². The van der Waals surface area contributed by atoms with E-state index in [-0.39, 0.29) is 23.8 Å². The van der Waals surface area contributed by atoms with Crippen molar-refractivity contribution in [2.24, 2.45) is 17.5 Å². The summed E-state index contributed by atoms with van der Waals surface area (Å²) in [4.78, 5) is 15.9. The second-order valence-corrected chi connectivity index (χ2v) is 6.93. The smallest absolute Gasteiger partial charge is 0.344 e. The largest absolute Gasteiger partial charge is 0.372 e. The third-order valence-electron chi connectivity index (χ3n) is 3.26. The maximum atomic E-state index is 12.5. The first-order valence-corrected chi connectivity index (χ1v) is 8.48. The van der Waals surface area contributed by atoms with Crippen LogP contribution in [0.1, 0.15) is 18.4 Å². The summed E-state index contributed by atoms with van der Waals surface area (Å²) in [5, 5.41) is 9.58. The molecule has 11 heteroatoms. The van der Waals surface area contributed by atoms with E-state index in [2.05, 4.69) is 10.2 Å². The number of rotatable bonds is 8. The van der Waals surface area contributed by atoms with E-state index in [0.29, 0.717) is 10.8 Å². The summed E-state index contributed by atoms with van der Waals surface area (Å²) in [5.41, 5.74) is 6.02. The second kappa shape index (κ2) is 8.59. The molecule has 8 N–H and O–H groups in total. The molecule has 1 atom stereocenters. The van der Waals surface area contributed by atoms with Gasteiger partial charge in [0.1, 0.15) is 6.04 Å². The quantitative estimate of drug-likeness (QED) is 0.128. The van der Waals surface area contributed by atoms with Gasteiger partial charge < -0.3 is 15.9 Å². The van der Waals surface area contributed by atoms with Gasteiger partial charge in [-0.25, -0.2) is 13.2 Å². The van der Waals surface area contributed by atoms with E-state index < -0.39 is 22.0 Å². The Morgan fingerprint density at radius 3 is 2.46 bits per heavy atom. The molecule has 1 aromatic carbocycles. The van der Waals surface area contributed by atoms with Gasteiger partial charge in [-0.3, -0.25) is 11.3 Å². The number of nitrogens with two attached hydrogens (primary N) is 3. The van der Waals surface area contributed by atoms with Crippen LogP contribution in [0.25, 0.3) is 0 Å². The average Bonchev–Trinajstić information content (AvgIpc) is 2.53. The predicted molar refractivity (Wildman–Crippen MR) is 87.6 cm³/mol. The van der Waals surface area contributed by atoms with Gasteiger partial charge in [-0.15, -0.1) is 4.41 Å². The van der Waals surface area contributed by atoms with E-state index in [0.717, 1.165) is 5.56 Å². The highest BCUT2D eigenvalue weighted by Crippen LogP contribution is 2.18.